The number of aliphatic carboxylic acids is 1. The molecule has 1 heterocycles. The van der Waals surface area contributed by atoms with Gasteiger partial charge in [0.2, 0.25) is 21.9 Å². The van der Waals surface area contributed by atoms with E-state index in [4.69, 9.17) is 11.1 Å². The number of hydrogen-bond donors (Lipinski definition) is 7. The first-order valence-electron chi connectivity index (χ1n) is 13.8. The SMILES string of the molecule is CC(C)c1nc(N(C)S(C)(=O)=O)nc(-c2ccc(F)cc2)c1/C=C/[C@H](O)C[C@@H](O)CC(=O)N[C@H](CCCNC(=N)N)C(=O)O. The molecule has 0 bridgehead atoms. The van der Waals surface area contributed by atoms with Gasteiger partial charge in [-0.25, -0.2) is 31.9 Å². The Morgan fingerprint density at radius 1 is 1.18 bits per heavy atom. The van der Waals surface area contributed by atoms with Crippen molar-refractivity contribution in [3.05, 3.63) is 47.4 Å². The second-order valence-electron chi connectivity index (χ2n) is 10.5. The number of aliphatic hydroxyl groups excluding tert-OH is 2. The predicted molar refractivity (Wildman–Crippen MR) is 164 cm³/mol. The monoisotopic (exact) mass is 637 g/mol. The van der Waals surface area contributed by atoms with Crippen molar-refractivity contribution in [1.82, 2.24) is 20.6 Å². The molecule has 0 saturated heterocycles. The lowest BCUT2D eigenvalue weighted by Crippen LogP contribution is -2.42. The standard InChI is InChI=1S/C28H40FN7O7S/c1-16(2)24-21(25(17-7-9-18(29)10-8-17)35-28(34-24)36(3)44(4,42)43)12-11-19(37)14-20(38)15-23(39)33-22(26(40)41)6-5-13-32-27(30)31/h7-12,16,19-20,22,37-38H,5-6,13-15H2,1-4H3,(H,33,39)(H,40,41)(H4,30,31,32)/b12-11+/t19-,20+,22+/m0/s1. The van der Waals surface area contributed by atoms with Gasteiger partial charge in [0.1, 0.15) is 11.9 Å². The number of halogens is 1. The van der Waals surface area contributed by atoms with Gasteiger partial charge >= 0.3 is 5.97 Å². The van der Waals surface area contributed by atoms with Gasteiger partial charge in [-0.2, -0.15) is 0 Å². The Hall–Kier alpha value is -4.15. The van der Waals surface area contributed by atoms with E-state index in [2.05, 4.69) is 20.6 Å². The third kappa shape index (κ3) is 11.2. The van der Waals surface area contributed by atoms with Crippen molar-refractivity contribution in [3.63, 3.8) is 0 Å². The topological polar surface area (TPSA) is 232 Å². The molecule has 2 aromatic rings. The lowest BCUT2D eigenvalue weighted by Gasteiger charge is -2.20. The van der Waals surface area contributed by atoms with Crippen molar-refractivity contribution < 1.29 is 37.7 Å². The van der Waals surface area contributed by atoms with Gasteiger partial charge in [-0.3, -0.25) is 10.2 Å². The Kier molecular flexibility index (Phi) is 13.2. The Morgan fingerprint density at radius 2 is 1.82 bits per heavy atom. The average Bonchev–Trinajstić information content (AvgIpc) is 2.92. The molecule has 44 heavy (non-hydrogen) atoms. The zero-order valence-corrected chi connectivity index (χ0v) is 25.8. The molecule has 16 heteroatoms. The molecule has 0 aliphatic carbocycles. The maximum atomic E-state index is 13.7. The highest BCUT2D eigenvalue weighted by Crippen LogP contribution is 2.31. The molecule has 14 nitrogen and oxygen atoms in total. The summed E-state index contributed by atoms with van der Waals surface area (Å²) in [5.74, 6) is -3.04. The molecule has 242 valence electrons. The van der Waals surface area contributed by atoms with Crippen LogP contribution in [0.25, 0.3) is 17.3 Å². The summed E-state index contributed by atoms with van der Waals surface area (Å²) in [5, 5.41) is 42.4. The molecule has 0 aliphatic rings. The minimum absolute atomic E-state index is 0.0677. The fraction of sp³-hybridized carbons (Fsp3) is 0.464. The van der Waals surface area contributed by atoms with Crippen LogP contribution in [0.1, 0.15) is 56.7 Å². The summed E-state index contributed by atoms with van der Waals surface area (Å²) in [6.07, 6.45) is 0.989. The smallest absolute Gasteiger partial charge is 0.326 e. The van der Waals surface area contributed by atoms with E-state index in [1.165, 1.54) is 43.5 Å². The fourth-order valence-corrected chi connectivity index (χ4v) is 4.48. The van der Waals surface area contributed by atoms with Gasteiger partial charge in [0.15, 0.2) is 5.96 Å². The molecule has 0 spiro atoms. The van der Waals surface area contributed by atoms with Crippen LogP contribution in [0.5, 0.6) is 0 Å². The first kappa shape index (κ1) is 36.0. The number of carbonyl (C=O) groups is 2. The van der Waals surface area contributed by atoms with E-state index >= 15 is 0 Å². The van der Waals surface area contributed by atoms with Gasteiger partial charge < -0.3 is 31.7 Å². The lowest BCUT2D eigenvalue weighted by molar-refractivity contribution is -0.142. The number of carboxylic acid groups (broad SMARTS) is 1. The van der Waals surface area contributed by atoms with E-state index in [1.54, 1.807) is 0 Å². The number of nitrogens with one attached hydrogen (secondary N) is 3. The molecule has 0 unspecified atom stereocenters. The summed E-state index contributed by atoms with van der Waals surface area (Å²) in [7, 11) is -2.40. The Bertz CT molecular complexity index is 1450. The van der Waals surface area contributed by atoms with Crippen LogP contribution in [0.4, 0.5) is 10.3 Å². The van der Waals surface area contributed by atoms with Crippen molar-refractivity contribution in [3.8, 4) is 11.3 Å². The molecule has 0 radical (unpaired) electrons. The number of carbonyl (C=O) groups excluding carboxylic acids is 1. The molecule has 1 aromatic heterocycles. The van der Waals surface area contributed by atoms with Crippen LogP contribution in [-0.2, 0) is 19.6 Å². The third-order valence-corrected chi connectivity index (χ3v) is 7.60. The quantitative estimate of drug-likeness (QED) is 0.0784. The number of sulfonamides is 1. The normalized spacial score (nSPS) is 13.8. The molecule has 0 aliphatic heterocycles. The van der Waals surface area contributed by atoms with Crippen molar-refractivity contribution >= 4 is 39.9 Å². The summed E-state index contributed by atoms with van der Waals surface area (Å²) in [6.45, 7) is 3.92. The number of aliphatic hydroxyl groups is 2. The van der Waals surface area contributed by atoms with Crippen LogP contribution in [0, 0.1) is 11.2 Å². The van der Waals surface area contributed by atoms with Crippen molar-refractivity contribution in [1.29, 1.82) is 5.41 Å². The average molecular weight is 638 g/mol. The summed E-state index contributed by atoms with van der Waals surface area (Å²) >= 11 is 0. The largest absolute Gasteiger partial charge is 0.480 e. The maximum Gasteiger partial charge on any atom is 0.326 e. The van der Waals surface area contributed by atoms with Crippen LogP contribution in [-0.4, -0.2) is 89.6 Å². The van der Waals surface area contributed by atoms with Gasteiger partial charge in [-0.15, -0.1) is 0 Å². The van der Waals surface area contributed by atoms with E-state index in [0.29, 0.717) is 23.2 Å². The fourth-order valence-electron chi connectivity index (χ4n) is 4.10. The molecule has 3 atom stereocenters. The highest BCUT2D eigenvalue weighted by molar-refractivity contribution is 7.92. The van der Waals surface area contributed by atoms with Crippen LogP contribution in [0.15, 0.2) is 30.3 Å². The highest BCUT2D eigenvalue weighted by atomic mass is 32.2. The number of amides is 1. The molecule has 8 N–H and O–H groups in total. The van der Waals surface area contributed by atoms with Gasteiger partial charge in [0.05, 0.1) is 36.3 Å². The summed E-state index contributed by atoms with van der Waals surface area (Å²) in [6, 6.07) is 4.21. The molecule has 1 amide bonds. The van der Waals surface area contributed by atoms with E-state index < -0.39 is 52.4 Å². The number of aromatic nitrogens is 2. The Morgan fingerprint density at radius 3 is 2.36 bits per heavy atom. The van der Waals surface area contributed by atoms with Crippen molar-refractivity contribution in [2.45, 2.75) is 63.7 Å². The highest BCUT2D eigenvalue weighted by Gasteiger charge is 2.24. The number of nitrogens with zero attached hydrogens (tertiary/aromatic N) is 3. The Labute approximate surface area is 255 Å². The first-order valence-corrected chi connectivity index (χ1v) is 15.6. The van der Waals surface area contributed by atoms with E-state index in [-0.39, 0.29) is 42.9 Å². The van der Waals surface area contributed by atoms with Gasteiger partial charge in [0, 0.05) is 31.1 Å². The minimum atomic E-state index is -3.71. The Balaban J connectivity index is 2.24. The van der Waals surface area contributed by atoms with E-state index in [1.807, 2.05) is 13.8 Å². The zero-order valence-electron chi connectivity index (χ0n) is 25.0. The first-order chi connectivity index (χ1) is 20.5. The second kappa shape index (κ2) is 16.1. The lowest BCUT2D eigenvalue weighted by atomic mass is 9.97. The minimum Gasteiger partial charge on any atom is -0.480 e. The van der Waals surface area contributed by atoms with E-state index in [9.17, 15) is 37.7 Å². The summed E-state index contributed by atoms with van der Waals surface area (Å²) in [4.78, 5) is 32.8. The molecule has 0 fully saturated rings. The van der Waals surface area contributed by atoms with E-state index in [0.717, 1.165) is 10.6 Å². The van der Waals surface area contributed by atoms with Crippen LogP contribution in [0.3, 0.4) is 0 Å². The zero-order chi connectivity index (χ0) is 33.2. The van der Waals surface area contributed by atoms with Gasteiger partial charge in [-0.1, -0.05) is 26.0 Å². The van der Waals surface area contributed by atoms with Crippen molar-refractivity contribution in [2.75, 3.05) is 24.2 Å². The number of guanidine groups is 1. The molecular formula is C28H40FN7O7S. The number of benzene rings is 1. The molecule has 2 rings (SSSR count). The maximum absolute atomic E-state index is 13.7. The van der Waals surface area contributed by atoms with Crippen LogP contribution < -0.4 is 20.7 Å². The number of anilines is 1. The van der Waals surface area contributed by atoms with Gasteiger partial charge in [-0.05, 0) is 43.0 Å². The number of hydrogen-bond acceptors (Lipinski definition) is 9. The van der Waals surface area contributed by atoms with Gasteiger partial charge in [0.25, 0.3) is 0 Å². The summed E-state index contributed by atoms with van der Waals surface area (Å²) in [5.41, 5.74) is 6.82. The number of rotatable bonds is 16. The molecule has 0 saturated carbocycles. The molecule has 1 aromatic carbocycles. The summed E-state index contributed by atoms with van der Waals surface area (Å²) < 4.78 is 39.0. The third-order valence-electron chi connectivity index (χ3n) is 6.44. The molecular weight excluding hydrogens is 597 g/mol. The van der Waals surface area contributed by atoms with Crippen molar-refractivity contribution in [2.24, 2.45) is 5.73 Å². The number of carboxylic acids is 1. The van der Waals surface area contributed by atoms with Crippen LogP contribution >= 0.6 is 0 Å². The predicted octanol–water partition coefficient (Wildman–Crippen LogP) is 1.15. The second-order valence-corrected chi connectivity index (χ2v) is 12.5. The van der Waals surface area contributed by atoms with Crippen LogP contribution in [0.2, 0.25) is 0 Å². The number of nitrogens with two attached hydrogens (primary N) is 1.